The molecule has 0 radical (unpaired) electrons. The van der Waals surface area contributed by atoms with E-state index in [1.54, 1.807) is 18.5 Å². The Morgan fingerprint density at radius 2 is 1.90 bits per heavy atom. The van der Waals surface area contributed by atoms with Crippen LogP contribution in [0.5, 0.6) is 0 Å². The van der Waals surface area contributed by atoms with Gasteiger partial charge in [0.25, 0.3) is 5.91 Å². The number of anilines is 2. The summed E-state index contributed by atoms with van der Waals surface area (Å²) in [4.78, 5) is 28.4. The maximum atomic E-state index is 15.6. The Balaban J connectivity index is 1.26. The molecule has 1 atom stereocenters. The number of nitrogens with zero attached hydrogens (tertiary/aromatic N) is 4. The number of aryl methyl sites for hydroxylation is 1. The highest BCUT2D eigenvalue weighted by Crippen LogP contribution is 2.37. The molecule has 1 saturated heterocycles. The van der Waals surface area contributed by atoms with Crippen molar-refractivity contribution in [2.75, 3.05) is 38.1 Å². The number of rotatable bonds is 11. The van der Waals surface area contributed by atoms with E-state index in [1.165, 1.54) is 29.3 Å². The Morgan fingerprint density at radius 3 is 2.64 bits per heavy atom. The lowest BCUT2D eigenvalue weighted by molar-refractivity contribution is 0.0430. The van der Waals surface area contributed by atoms with Gasteiger partial charge in [-0.05, 0) is 62.2 Å². The number of piperidine rings is 1. The molecule has 4 N–H and O–H groups in total. The van der Waals surface area contributed by atoms with Crippen LogP contribution in [0.15, 0.2) is 76.2 Å². The minimum atomic E-state index is -0.786. The molecule has 0 saturated carbocycles. The van der Waals surface area contributed by atoms with Crippen molar-refractivity contribution >= 4 is 40.0 Å². The highest BCUT2D eigenvalue weighted by Gasteiger charge is 2.37. The predicted molar refractivity (Wildman–Crippen MR) is 162 cm³/mol. The number of nitrogens with one attached hydrogen (secondary N) is 2. The van der Waals surface area contributed by atoms with Crippen molar-refractivity contribution in [3.05, 3.63) is 89.8 Å². The maximum Gasteiger partial charge on any atom is 0.273 e. The highest BCUT2D eigenvalue weighted by molar-refractivity contribution is 8.01. The molecule has 12 heteroatoms. The van der Waals surface area contributed by atoms with Crippen LogP contribution in [0.4, 0.5) is 15.3 Å². The van der Waals surface area contributed by atoms with Crippen molar-refractivity contribution in [3.8, 4) is 0 Å². The number of benzene rings is 1. The first-order chi connectivity index (χ1) is 20.3. The van der Waals surface area contributed by atoms with Gasteiger partial charge < -0.3 is 25.7 Å². The van der Waals surface area contributed by atoms with E-state index in [1.807, 2.05) is 49.4 Å². The van der Waals surface area contributed by atoms with Crippen LogP contribution in [0.3, 0.4) is 0 Å². The highest BCUT2D eigenvalue weighted by atomic mass is 32.2. The molecule has 1 unspecified atom stereocenters. The first-order valence-electron chi connectivity index (χ1n) is 13.7. The predicted octanol–water partition coefficient (Wildman–Crippen LogP) is 4.39. The Bertz CT molecular complexity index is 1500. The second-order valence-electron chi connectivity index (χ2n) is 10.4. The molecule has 1 fully saturated rings. The molecule has 3 aromatic heterocycles. The van der Waals surface area contributed by atoms with E-state index in [9.17, 15) is 15.0 Å². The molecule has 220 valence electrons. The summed E-state index contributed by atoms with van der Waals surface area (Å²) in [6.07, 6.45) is 5.50. The lowest BCUT2D eigenvalue weighted by Gasteiger charge is -2.43. The Morgan fingerprint density at radius 1 is 1.14 bits per heavy atom. The molecule has 5 rings (SSSR count). The van der Waals surface area contributed by atoms with E-state index in [4.69, 9.17) is 0 Å². The molecule has 4 aromatic rings. The minimum Gasteiger partial charge on any atom is -0.394 e. The summed E-state index contributed by atoms with van der Waals surface area (Å²) in [7, 11) is 0. The number of amides is 1. The number of halogens is 1. The molecule has 1 aromatic carbocycles. The van der Waals surface area contributed by atoms with Gasteiger partial charge >= 0.3 is 0 Å². The van der Waals surface area contributed by atoms with Crippen LogP contribution in [-0.4, -0.2) is 74.9 Å². The lowest BCUT2D eigenvalue weighted by atomic mass is 9.72. The molecule has 1 amide bonds. The third kappa shape index (κ3) is 7.31. The van der Waals surface area contributed by atoms with E-state index in [-0.39, 0.29) is 22.6 Å². The summed E-state index contributed by atoms with van der Waals surface area (Å²) in [6, 6.07) is 15.4. The Labute approximate surface area is 252 Å². The maximum absolute atomic E-state index is 15.6. The first kappa shape index (κ1) is 30.1. The van der Waals surface area contributed by atoms with Crippen LogP contribution in [-0.2, 0) is 5.41 Å². The average molecular weight is 609 g/mol. The Kier molecular flexibility index (Phi) is 9.80. The van der Waals surface area contributed by atoms with E-state index < -0.39 is 17.8 Å². The fraction of sp³-hybridized carbons (Fsp3) is 0.333. The molecule has 1 aliphatic rings. The summed E-state index contributed by atoms with van der Waals surface area (Å²) in [6.45, 7) is 3.82. The quantitative estimate of drug-likeness (QED) is 0.196. The summed E-state index contributed by atoms with van der Waals surface area (Å²) >= 11 is 2.55. The van der Waals surface area contributed by atoms with Crippen molar-refractivity contribution < 1.29 is 19.4 Å². The molecular weight excluding hydrogens is 576 g/mol. The number of carbonyl (C=O) groups excluding carboxylic acids is 1. The monoisotopic (exact) mass is 608 g/mol. The summed E-state index contributed by atoms with van der Waals surface area (Å²) < 4.78 is 16.3. The van der Waals surface area contributed by atoms with Gasteiger partial charge in [0, 0.05) is 30.9 Å². The van der Waals surface area contributed by atoms with Crippen molar-refractivity contribution in [1.82, 2.24) is 25.2 Å². The number of hydrogen-bond acceptors (Lipinski definition) is 10. The summed E-state index contributed by atoms with van der Waals surface area (Å²) in [5, 5.41) is 25.8. The zero-order chi connectivity index (χ0) is 29.5. The zero-order valence-corrected chi connectivity index (χ0v) is 24.8. The van der Waals surface area contributed by atoms with Gasteiger partial charge in [0.2, 0.25) is 0 Å². The molecule has 1 aliphatic heterocycles. The normalized spacial score (nSPS) is 15.7. The van der Waals surface area contributed by atoms with Gasteiger partial charge in [0.15, 0.2) is 16.6 Å². The smallest absolute Gasteiger partial charge is 0.273 e. The number of pyridine rings is 2. The third-order valence-electron chi connectivity index (χ3n) is 7.38. The van der Waals surface area contributed by atoms with Gasteiger partial charge in [0.1, 0.15) is 5.82 Å². The number of likely N-dealkylation sites (tertiary alicyclic amines) is 1. The second kappa shape index (κ2) is 13.7. The molecule has 9 nitrogen and oxygen atoms in total. The van der Waals surface area contributed by atoms with Crippen LogP contribution >= 0.6 is 23.1 Å². The van der Waals surface area contributed by atoms with Crippen LogP contribution in [0.1, 0.15) is 34.5 Å². The Hall–Kier alpha value is -3.42. The van der Waals surface area contributed by atoms with Crippen LogP contribution in [0.25, 0.3) is 0 Å². The lowest BCUT2D eigenvalue weighted by Crippen LogP contribution is -2.50. The van der Waals surface area contributed by atoms with Crippen LogP contribution in [0, 0.1) is 12.7 Å². The van der Waals surface area contributed by atoms with E-state index >= 15 is 4.39 Å². The van der Waals surface area contributed by atoms with Crippen molar-refractivity contribution in [3.63, 3.8) is 0 Å². The standard InChI is InChI=1S/C30H33FN6O3S2/c1-20-7-11-32-24(15-20)36-29-34-16-25(42-29)41-23-8-12-33-27(26(23)31)28(40)35-19-30(21-5-3-2-4-6-21)9-13-37(14-10-30)17-22(39)18-38/h2-8,11-12,15-16,22,38-39H,9-10,13-14,17-19H2,1H3,(H,35,40)(H,32,34,36). The average Bonchev–Trinajstić information content (AvgIpc) is 3.44. The summed E-state index contributed by atoms with van der Waals surface area (Å²) in [5.41, 5.74) is 1.57. The van der Waals surface area contributed by atoms with Crippen molar-refractivity contribution in [2.45, 2.75) is 40.4 Å². The molecular formula is C30H33FN6O3S2. The van der Waals surface area contributed by atoms with Crippen molar-refractivity contribution in [2.24, 2.45) is 0 Å². The second-order valence-corrected chi connectivity index (χ2v) is 12.7. The summed E-state index contributed by atoms with van der Waals surface area (Å²) in [5.74, 6) is -0.568. The first-order valence-corrected chi connectivity index (χ1v) is 15.3. The third-order valence-corrected chi connectivity index (χ3v) is 9.43. The van der Waals surface area contributed by atoms with Gasteiger partial charge in [-0.25, -0.2) is 19.3 Å². The van der Waals surface area contributed by atoms with Gasteiger partial charge in [-0.2, -0.15) is 0 Å². The van der Waals surface area contributed by atoms with Crippen LogP contribution < -0.4 is 10.6 Å². The molecule has 0 aliphatic carbocycles. The van der Waals surface area contributed by atoms with Gasteiger partial charge in [0.05, 0.1) is 28.0 Å². The van der Waals surface area contributed by atoms with E-state index in [0.29, 0.717) is 37.1 Å². The number of aliphatic hydroxyl groups excluding tert-OH is 2. The fourth-order valence-electron chi connectivity index (χ4n) is 5.06. The van der Waals surface area contributed by atoms with Gasteiger partial charge in [-0.15, -0.1) is 0 Å². The zero-order valence-electron chi connectivity index (χ0n) is 23.2. The molecule has 0 spiro atoms. The van der Waals surface area contributed by atoms with Crippen molar-refractivity contribution in [1.29, 1.82) is 0 Å². The molecule has 0 bridgehead atoms. The number of β-amino-alcohol motifs (C(OH)–C–C–N with tert-alkyl or cyclic N) is 1. The fourth-order valence-corrected chi connectivity index (χ4v) is 6.93. The molecule has 4 heterocycles. The number of hydrogen-bond donors (Lipinski definition) is 4. The van der Waals surface area contributed by atoms with Crippen LogP contribution in [0.2, 0.25) is 0 Å². The number of aliphatic hydroxyl groups is 2. The van der Waals surface area contributed by atoms with Gasteiger partial charge in [-0.3, -0.25) is 4.79 Å². The van der Waals surface area contributed by atoms with E-state index in [2.05, 4.69) is 30.5 Å². The number of thiazole rings is 1. The minimum absolute atomic E-state index is 0.251. The number of aromatic nitrogens is 3. The van der Waals surface area contributed by atoms with E-state index in [0.717, 1.165) is 28.2 Å². The topological polar surface area (TPSA) is 124 Å². The number of carbonyl (C=O) groups is 1. The SMILES string of the molecule is Cc1ccnc(Nc2ncc(Sc3ccnc(C(=O)NCC4(c5ccccc5)CCN(CC(O)CO)CC4)c3F)s2)c1. The largest absolute Gasteiger partial charge is 0.394 e. The molecule has 42 heavy (non-hydrogen) atoms. The van der Waals surface area contributed by atoms with Gasteiger partial charge in [-0.1, -0.05) is 53.4 Å².